The predicted octanol–water partition coefficient (Wildman–Crippen LogP) is 2.60. The van der Waals surface area contributed by atoms with Crippen molar-refractivity contribution in [2.75, 3.05) is 33.4 Å². The number of hydrogen-bond acceptors (Lipinski definition) is 3. The van der Waals surface area contributed by atoms with Crippen LogP contribution in [0.3, 0.4) is 0 Å². The second-order valence-electron chi connectivity index (χ2n) is 6.79. The number of Topliss-reactive ketones (excluding diaryl/α,β-unsaturated/α-hetero) is 1. The molecule has 3 atom stereocenters. The second-order valence-corrected chi connectivity index (χ2v) is 6.79. The maximum atomic E-state index is 12.2. The van der Waals surface area contributed by atoms with E-state index in [0.717, 1.165) is 38.6 Å². The molecule has 2 aliphatic rings. The summed E-state index contributed by atoms with van der Waals surface area (Å²) in [7, 11) is 1.79. The highest BCUT2D eigenvalue weighted by atomic mass is 16.5. The summed E-state index contributed by atoms with van der Waals surface area (Å²) in [5.41, 5.74) is 0. The summed E-state index contributed by atoms with van der Waals surface area (Å²) in [6.07, 6.45) is 4.46. The third kappa shape index (κ3) is 4.03. The van der Waals surface area contributed by atoms with Gasteiger partial charge in [0.1, 0.15) is 5.78 Å². The number of carbonyl (C=O) groups excluding carboxylic acids is 1. The standard InChI is InChI=1S/C16H29NO2/c1-12-8-13(2)15(16(18)9-12)10-17-6-4-14(5-7-17)11-19-3/h12-15H,4-11H2,1-3H3. The topological polar surface area (TPSA) is 29.5 Å². The van der Waals surface area contributed by atoms with Crippen molar-refractivity contribution in [1.82, 2.24) is 4.90 Å². The highest BCUT2D eigenvalue weighted by Gasteiger charge is 2.34. The zero-order valence-corrected chi connectivity index (χ0v) is 12.7. The number of ether oxygens (including phenoxy) is 1. The number of hydrogen-bond donors (Lipinski definition) is 0. The monoisotopic (exact) mass is 267 g/mol. The van der Waals surface area contributed by atoms with Gasteiger partial charge in [0.05, 0.1) is 0 Å². The van der Waals surface area contributed by atoms with E-state index in [4.69, 9.17) is 4.74 Å². The molecule has 0 amide bonds. The molecule has 0 aromatic carbocycles. The van der Waals surface area contributed by atoms with E-state index >= 15 is 0 Å². The lowest BCUT2D eigenvalue weighted by molar-refractivity contribution is -0.128. The molecule has 0 spiro atoms. The Morgan fingerprint density at radius 1 is 1.26 bits per heavy atom. The Morgan fingerprint density at radius 2 is 1.95 bits per heavy atom. The van der Waals surface area contributed by atoms with Crippen molar-refractivity contribution in [3.63, 3.8) is 0 Å². The van der Waals surface area contributed by atoms with Crippen LogP contribution in [-0.2, 0) is 9.53 Å². The van der Waals surface area contributed by atoms with Crippen LogP contribution in [0.4, 0.5) is 0 Å². The molecule has 3 heteroatoms. The third-order valence-corrected chi connectivity index (χ3v) is 4.99. The Balaban J connectivity index is 1.80. The fraction of sp³-hybridized carbons (Fsp3) is 0.938. The van der Waals surface area contributed by atoms with E-state index < -0.39 is 0 Å². The Bertz CT molecular complexity index is 297. The van der Waals surface area contributed by atoms with Crippen molar-refractivity contribution in [3.8, 4) is 0 Å². The van der Waals surface area contributed by atoms with E-state index in [2.05, 4.69) is 18.7 Å². The van der Waals surface area contributed by atoms with Gasteiger partial charge in [-0.25, -0.2) is 0 Å². The van der Waals surface area contributed by atoms with E-state index in [1.807, 2.05) is 0 Å². The van der Waals surface area contributed by atoms with Gasteiger partial charge in [-0.3, -0.25) is 4.79 Å². The van der Waals surface area contributed by atoms with Gasteiger partial charge >= 0.3 is 0 Å². The third-order valence-electron chi connectivity index (χ3n) is 4.99. The molecule has 1 aliphatic carbocycles. The lowest BCUT2D eigenvalue weighted by Gasteiger charge is -2.38. The second kappa shape index (κ2) is 6.85. The molecule has 0 bridgehead atoms. The zero-order chi connectivity index (χ0) is 13.8. The first-order chi connectivity index (χ1) is 9.10. The van der Waals surface area contributed by atoms with Crippen molar-refractivity contribution >= 4 is 5.78 Å². The molecule has 1 heterocycles. The first-order valence-electron chi connectivity index (χ1n) is 7.84. The van der Waals surface area contributed by atoms with Gasteiger partial charge in [0, 0.05) is 32.6 Å². The molecule has 0 aromatic heterocycles. The molecular weight excluding hydrogens is 238 g/mol. The van der Waals surface area contributed by atoms with Gasteiger partial charge in [-0.15, -0.1) is 0 Å². The molecular formula is C16H29NO2. The number of rotatable bonds is 4. The quantitative estimate of drug-likeness (QED) is 0.784. The normalized spacial score (nSPS) is 34.7. The van der Waals surface area contributed by atoms with Gasteiger partial charge in [-0.2, -0.15) is 0 Å². The molecule has 0 radical (unpaired) electrons. The SMILES string of the molecule is COCC1CCN(CC2C(=O)CC(C)CC2C)CC1. The van der Waals surface area contributed by atoms with Crippen LogP contribution in [0.25, 0.3) is 0 Å². The van der Waals surface area contributed by atoms with Crippen molar-refractivity contribution in [1.29, 1.82) is 0 Å². The first kappa shape index (κ1) is 15.0. The van der Waals surface area contributed by atoms with Crippen LogP contribution in [0.15, 0.2) is 0 Å². The van der Waals surface area contributed by atoms with Crippen LogP contribution in [0, 0.1) is 23.7 Å². The molecule has 3 unspecified atom stereocenters. The van der Waals surface area contributed by atoms with Crippen LogP contribution in [0.5, 0.6) is 0 Å². The van der Waals surface area contributed by atoms with Crippen LogP contribution < -0.4 is 0 Å². The lowest BCUT2D eigenvalue weighted by Crippen LogP contribution is -2.43. The minimum Gasteiger partial charge on any atom is -0.384 e. The Hall–Kier alpha value is -0.410. The summed E-state index contributed by atoms with van der Waals surface area (Å²) < 4.78 is 5.24. The minimum atomic E-state index is 0.287. The highest BCUT2D eigenvalue weighted by Crippen LogP contribution is 2.32. The van der Waals surface area contributed by atoms with Crippen LogP contribution in [0.2, 0.25) is 0 Å². The number of likely N-dealkylation sites (tertiary alicyclic amines) is 1. The molecule has 1 aliphatic heterocycles. The van der Waals surface area contributed by atoms with Crippen molar-refractivity contribution in [3.05, 3.63) is 0 Å². The number of ketones is 1. The maximum absolute atomic E-state index is 12.2. The number of nitrogens with zero attached hydrogens (tertiary/aromatic N) is 1. The van der Waals surface area contributed by atoms with E-state index in [0.29, 0.717) is 17.6 Å². The summed E-state index contributed by atoms with van der Waals surface area (Å²) in [6.45, 7) is 8.63. The molecule has 3 nitrogen and oxygen atoms in total. The lowest BCUT2D eigenvalue weighted by atomic mass is 9.74. The molecule has 2 fully saturated rings. The van der Waals surface area contributed by atoms with Crippen molar-refractivity contribution in [2.24, 2.45) is 23.7 Å². The van der Waals surface area contributed by atoms with Gasteiger partial charge < -0.3 is 9.64 Å². The average Bonchev–Trinajstić information content (AvgIpc) is 2.36. The van der Waals surface area contributed by atoms with Gasteiger partial charge in [0.25, 0.3) is 0 Å². The predicted molar refractivity (Wildman–Crippen MR) is 77.1 cm³/mol. The summed E-state index contributed by atoms with van der Waals surface area (Å²) in [5.74, 6) is 2.67. The van der Waals surface area contributed by atoms with Crippen molar-refractivity contribution < 1.29 is 9.53 Å². The van der Waals surface area contributed by atoms with Gasteiger partial charge in [-0.1, -0.05) is 13.8 Å². The van der Waals surface area contributed by atoms with E-state index in [1.165, 1.54) is 19.3 Å². The molecule has 110 valence electrons. The fourth-order valence-electron chi connectivity index (χ4n) is 3.83. The fourth-order valence-corrected chi connectivity index (χ4v) is 3.83. The largest absolute Gasteiger partial charge is 0.384 e. The van der Waals surface area contributed by atoms with Crippen LogP contribution in [-0.4, -0.2) is 44.0 Å². The molecule has 19 heavy (non-hydrogen) atoms. The summed E-state index contributed by atoms with van der Waals surface area (Å²) in [5, 5.41) is 0. The van der Waals surface area contributed by atoms with Gasteiger partial charge in [-0.05, 0) is 50.1 Å². The highest BCUT2D eigenvalue weighted by molar-refractivity contribution is 5.82. The zero-order valence-electron chi connectivity index (χ0n) is 12.7. The van der Waals surface area contributed by atoms with Crippen LogP contribution >= 0.6 is 0 Å². The Labute approximate surface area is 117 Å². The summed E-state index contributed by atoms with van der Waals surface area (Å²) >= 11 is 0. The Kier molecular flexibility index (Phi) is 5.40. The average molecular weight is 267 g/mol. The van der Waals surface area contributed by atoms with E-state index in [1.54, 1.807) is 7.11 Å². The molecule has 0 aromatic rings. The smallest absolute Gasteiger partial charge is 0.137 e. The molecule has 1 saturated carbocycles. The summed E-state index contributed by atoms with van der Waals surface area (Å²) in [6, 6.07) is 0. The van der Waals surface area contributed by atoms with Gasteiger partial charge in [0.15, 0.2) is 0 Å². The van der Waals surface area contributed by atoms with Crippen LogP contribution in [0.1, 0.15) is 39.5 Å². The van der Waals surface area contributed by atoms with Gasteiger partial charge in [0.2, 0.25) is 0 Å². The number of piperidine rings is 1. The van der Waals surface area contributed by atoms with Crippen molar-refractivity contribution in [2.45, 2.75) is 39.5 Å². The molecule has 2 rings (SSSR count). The minimum absolute atomic E-state index is 0.287. The summed E-state index contributed by atoms with van der Waals surface area (Å²) in [4.78, 5) is 14.7. The van der Waals surface area contributed by atoms with E-state index in [-0.39, 0.29) is 5.92 Å². The van der Waals surface area contributed by atoms with E-state index in [9.17, 15) is 4.79 Å². The number of carbonyl (C=O) groups is 1. The maximum Gasteiger partial charge on any atom is 0.137 e. The Morgan fingerprint density at radius 3 is 2.53 bits per heavy atom. The first-order valence-corrected chi connectivity index (χ1v) is 7.84. The molecule has 0 N–H and O–H groups in total. The molecule has 1 saturated heterocycles. The number of methoxy groups -OCH3 is 1.